The number of rotatable bonds is 5. The summed E-state index contributed by atoms with van der Waals surface area (Å²) in [6, 6.07) is 2.85. The highest BCUT2D eigenvalue weighted by atomic mass is 16.6. The van der Waals surface area contributed by atoms with Crippen LogP contribution in [-0.2, 0) is 41.4 Å². The number of aliphatic hydroxyl groups is 1. The van der Waals surface area contributed by atoms with Crippen LogP contribution in [0.2, 0.25) is 0 Å². The van der Waals surface area contributed by atoms with Gasteiger partial charge in [-0.25, -0.2) is 19.2 Å². The highest BCUT2D eigenvalue weighted by Gasteiger charge is 2.57. The highest BCUT2D eigenvalue weighted by Crippen LogP contribution is 2.54. The Balaban J connectivity index is 1.26. The summed E-state index contributed by atoms with van der Waals surface area (Å²) < 4.78 is 36.0. The zero-order valence-corrected chi connectivity index (χ0v) is 29.8. The number of carbonyl (C=O) groups is 4. The molecule has 8 atom stereocenters. The molecule has 0 unspecified atom stereocenters. The Hall–Kier alpha value is -4.68. The number of aromatic carboxylic acids is 1. The van der Waals surface area contributed by atoms with Crippen molar-refractivity contribution < 1.29 is 57.2 Å². The van der Waals surface area contributed by atoms with Gasteiger partial charge in [-0.15, -0.1) is 0 Å². The third-order valence-corrected chi connectivity index (χ3v) is 11.1. The fraction of sp³-hybridized carbons (Fsp3) is 0.500. The summed E-state index contributed by atoms with van der Waals surface area (Å²) in [6.07, 6.45) is 2.75. The molecule has 8 bridgehead atoms. The Labute approximate surface area is 301 Å². The van der Waals surface area contributed by atoms with Crippen molar-refractivity contribution in [2.75, 3.05) is 0 Å². The Kier molecular flexibility index (Phi) is 8.98. The summed E-state index contributed by atoms with van der Waals surface area (Å²) in [5.41, 5.74) is 0.0236. The molecular formula is C40H44O12. The van der Waals surface area contributed by atoms with E-state index >= 15 is 0 Å². The molecule has 1 fully saturated rings. The average molecular weight is 717 g/mol. The molecule has 276 valence electrons. The highest BCUT2D eigenvalue weighted by molar-refractivity contribution is 5.92. The summed E-state index contributed by atoms with van der Waals surface area (Å²) in [5.74, 6) is -2.54. The van der Waals surface area contributed by atoms with Crippen molar-refractivity contribution in [2.24, 2.45) is 11.8 Å². The first-order chi connectivity index (χ1) is 24.5. The van der Waals surface area contributed by atoms with Gasteiger partial charge in [0.25, 0.3) is 0 Å². The van der Waals surface area contributed by atoms with Gasteiger partial charge in [-0.2, -0.15) is 0 Å². The molecule has 7 rings (SSSR count). The number of hydrogen-bond acceptors (Lipinski definition) is 11. The number of allylic oxidation sites excluding steroid dienone is 2. The number of carboxylic acids is 1. The summed E-state index contributed by atoms with van der Waals surface area (Å²) in [6.45, 7) is 15.3. The van der Waals surface area contributed by atoms with Crippen molar-refractivity contribution in [2.45, 2.75) is 115 Å². The van der Waals surface area contributed by atoms with Gasteiger partial charge in [0.1, 0.15) is 63.7 Å². The molecule has 0 spiro atoms. The molecule has 7 heterocycles. The van der Waals surface area contributed by atoms with E-state index in [4.69, 9.17) is 27.8 Å². The number of furan rings is 2. The molecule has 0 aliphatic carbocycles. The van der Waals surface area contributed by atoms with Crippen LogP contribution in [0.3, 0.4) is 0 Å². The molecule has 2 N–H and O–H groups in total. The SMILES string of the molecule is C=C(C)[C@@H]1CCC2=C[C@@H](C[C@](C)(O)[C@H](OC(=O)c3cc4oc3C[C@@H](C(=C)C)CCC3=C[C@@H](C[C@]5(C)O[C@@H]45)OC3=O)c3cc(C(=O)O)c(o3)C1)OC2=O. The van der Waals surface area contributed by atoms with E-state index in [9.17, 15) is 29.4 Å². The number of hydrogen-bond donors (Lipinski definition) is 2. The number of fused-ring (bicyclic) bond motifs is 8. The maximum absolute atomic E-state index is 14.4. The van der Waals surface area contributed by atoms with Crippen LogP contribution in [0.1, 0.15) is 122 Å². The van der Waals surface area contributed by atoms with Crippen LogP contribution in [0.4, 0.5) is 0 Å². The molecule has 2 aromatic rings. The number of carbonyl (C=O) groups excluding carboxylic acids is 3. The van der Waals surface area contributed by atoms with Gasteiger partial charge in [-0.1, -0.05) is 24.3 Å². The van der Waals surface area contributed by atoms with Gasteiger partial charge in [0, 0.05) is 36.8 Å². The van der Waals surface area contributed by atoms with Crippen LogP contribution in [0.5, 0.6) is 0 Å². The predicted molar refractivity (Wildman–Crippen MR) is 183 cm³/mol. The Morgan fingerprint density at radius 3 is 1.90 bits per heavy atom. The van der Waals surface area contributed by atoms with Gasteiger partial charge in [0.05, 0.1) is 0 Å². The van der Waals surface area contributed by atoms with E-state index in [0.29, 0.717) is 54.8 Å². The monoisotopic (exact) mass is 716 g/mol. The van der Waals surface area contributed by atoms with Gasteiger partial charge in [0.15, 0.2) is 6.10 Å². The number of carboxylic acid groups (broad SMARTS) is 1. The summed E-state index contributed by atoms with van der Waals surface area (Å²) in [4.78, 5) is 52.3. The second-order valence-corrected chi connectivity index (χ2v) is 15.5. The Bertz CT molecular complexity index is 1940. The van der Waals surface area contributed by atoms with Crippen molar-refractivity contribution in [3.05, 3.63) is 93.9 Å². The first-order valence-electron chi connectivity index (χ1n) is 17.7. The second kappa shape index (κ2) is 13.1. The van der Waals surface area contributed by atoms with E-state index in [2.05, 4.69) is 13.2 Å². The lowest BCUT2D eigenvalue weighted by Crippen LogP contribution is -2.39. The summed E-state index contributed by atoms with van der Waals surface area (Å²) in [7, 11) is 0. The molecule has 5 aliphatic rings. The standard InChI is InChI=1S/C40H44O12/c1-19(2)21-7-9-23-11-25(47-36(23)43)17-39(5,46)33(31-15-27(35(41)42)29(13-21)49-31)51-38(45)28-16-32-34-40(6,52-34)18-26-12-24(37(44)48-26)10-8-22(20(3)4)14-30(28)50-32/h11-12,15-16,21-22,25-26,33-34,46H,1,3,7-10,13-14,17-18H2,2,4-6H3,(H,41,42)/t21-,22+,25+,26+,33-,34+,39+,40+/m1/s1. The Morgan fingerprint density at radius 2 is 1.35 bits per heavy atom. The van der Waals surface area contributed by atoms with E-state index in [1.165, 1.54) is 13.0 Å². The van der Waals surface area contributed by atoms with E-state index in [1.807, 2.05) is 26.8 Å². The Morgan fingerprint density at radius 1 is 0.827 bits per heavy atom. The van der Waals surface area contributed by atoms with E-state index in [1.54, 1.807) is 12.1 Å². The molecule has 52 heavy (non-hydrogen) atoms. The van der Waals surface area contributed by atoms with Crippen molar-refractivity contribution in [1.82, 2.24) is 0 Å². The lowest BCUT2D eigenvalue weighted by molar-refractivity contribution is -0.145. The van der Waals surface area contributed by atoms with Gasteiger partial charge in [0.2, 0.25) is 0 Å². The topological polar surface area (TPSA) is 175 Å². The van der Waals surface area contributed by atoms with Crippen molar-refractivity contribution in [1.29, 1.82) is 0 Å². The van der Waals surface area contributed by atoms with Crippen LogP contribution in [0.25, 0.3) is 0 Å². The molecule has 12 nitrogen and oxygen atoms in total. The molecule has 0 aromatic carbocycles. The normalized spacial score (nSPS) is 32.8. The molecule has 5 aliphatic heterocycles. The molecular weight excluding hydrogens is 672 g/mol. The fourth-order valence-electron chi connectivity index (χ4n) is 7.94. The van der Waals surface area contributed by atoms with Crippen LogP contribution in [0.15, 0.2) is 68.6 Å². The van der Waals surface area contributed by atoms with E-state index in [-0.39, 0.29) is 59.7 Å². The zero-order chi connectivity index (χ0) is 37.3. The minimum atomic E-state index is -1.90. The fourth-order valence-corrected chi connectivity index (χ4v) is 7.94. The number of ether oxygens (including phenoxy) is 4. The van der Waals surface area contributed by atoms with Gasteiger partial charge >= 0.3 is 23.9 Å². The molecule has 12 heteroatoms. The smallest absolute Gasteiger partial charge is 0.342 e. The van der Waals surface area contributed by atoms with Crippen molar-refractivity contribution in [3.63, 3.8) is 0 Å². The van der Waals surface area contributed by atoms with Gasteiger partial charge in [-0.3, -0.25) is 0 Å². The molecule has 2 aromatic heterocycles. The number of esters is 3. The largest absolute Gasteiger partial charge is 0.478 e. The van der Waals surface area contributed by atoms with Gasteiger partial charge in [-0.05, 0) is 89.5 Å². The molecule has 0 saturated carbocycles. The quantitative estimate of drug-likeness (QED) is 0.147. The lowest BCUT2D eigenvalue weighted by Gasteiger charge is -2.32. The summed E-state index contributed by atoms with van der Waals surface area (Å²) >= 11 is 0. The van der Waals surface area contributed by atoms with Crippen LogP contribution in [0, 0.1) is 11.8 Å². The van der Waals surface area contributed by atoms with Crippen LogP contribution >= 0.6 is 0 Å². The maximum atomic E-state index is 14.4. The average Bonchev–Trinajstić information content (AvgIpc) is 3.51. The van der Waals surface area contributed by atoms with Crippen molar-refractivity contribution >= 4 is 23.9 Å². The minimum Gasteiger partial charge on any atom is -0.478 e. The van der Waals surface area contributed by atoms with Crippen LogP contribution < -0.4 is 0 Å². The molecule has 0 radical (unpaired) electrons. The van der Waals surface area contributed by atoms with Gasteiger partial charge < -0.3 is 38.0 Å². The van der Waals surface area contributed by atoms with E-state index in [0.717, 1.165) is 11.1 Å². The third kappa shape index (κ3) is 6.81. The minimum absolute atomic E-state index is 0.0715. The molecule has 1 saturated heterocycles. The maximum Gasteiger partial charge on any atom is 0.342 e. The predicted octanol–water partition coefficient (Wildman–Crippen LogP) is 6.59. The zero-order valence-electron chi connectivity index (χ0n) is 29.8. The van der Waals surface area contributed by atoms with Crippen molar-refractivity contribution in [3.8, 4) is 0 Å². The van der Waals surface area contributed by atoms with Crippen LogP contribution in [-0.4, -0.2) is 57.5 Å². The lowest BCUT2D eigenvalue weighted by atomic mass is 9.87. The first kappa shape index (κ1) is 35.7. The number of epoxide rings is 1. The third-order valence-electron chi connectivity index (χ3n) is 11.1. The second-order valence-electron chi connectivity index (χ2n) is 15.5. The first-order valence-corrected chi connectivity index (χ1v) is 17.7. The summed E-state index contributed by atoms with van der Waals surface area (Å²) in [5, 5.41) is 22.2. The molecule has 0 amide bonds. The van der Waals surface area contributed by atoms with E-state index < -0.39 is 53.5 Å².